The van der Waals surface area contributed by atoms with Gasteiger partial charge >= 0.3 is 0 Å². The van der Waals surface area contributed by atoms with Gasteiger partial charge in [-0.2, -0.15) is 0 Å². The molecular formula is C19H18FN3O3. The number of hydrogen-bond donors (Lipinski definition) is 1. The van der Waals surface area contributed by atoms with Crippen LogP contribution in [0.2, 0.25) is 0 Å². The fourth-order valence-electron chi connectivity index (χ4n) is 2.59. The van der Waals surface area contributed by atoms with Crippen LogP contribution in [-0.4, -0.2) is 29.1 Å². The molecule has 0 saturated heterocycles. The van der Waals surface area contributed by atoms with Gasteiger partial charge in [0.15, 0.2) is 0 Å². The Hall–Kier alpha value is -3.22. The number of hydrogen-bond acceptors (Lipinski definition) is 4. The third-order valence-electron chi connectivity index (χ3n) is 4.00. The standard InChI is InChI=1S/C19H18FN3O3/c1-26-15-5-2-13(3-6-15)8-9-21-18(24)11-23-12-22-17-10-14(20)4-7-16(17)19(23)25/h2-7,10,12H,8-9,11H2,1H3,(H,21,24). The van der Waals surface area contributed by atoms with E-state index in [1.807, 2.05) is 24.3 Å². The zero-order chi connectivity index (χ0) is 18.5. The first-order chi connectivity index (χ1) is 12.6. The van der Waals surface area contributed by atoms with Crippen molar-refractivity contribution in [2.45, 2.75) is 13.0 Å². The van der Waals surface area contributed by atoms with Crippen molar-refractivity contribution in [2.24, 2.45) is 0 Å². The van der Waals surface area contributed by atoms with Crippen LogP contribution in [-0.2, 0) is 17.8 Å². The summed E-state index contributed by atoms with van der Waals surface area (Å²) in [6.45, 7) is 0.313. The van der Waals surface area contributed by atoms with Crippen LogP contribution in [0.25, 0.3) is 10.9 Å². The van der Waals surface area contributed by atoms with E-state index >= 15 is 0 Å². The number of nitrogens with zero attached hydrogens (tertiary/aromatic N) is 2. The Balaban J connectivity index is 1.59. The maximum atomic E-state index is 13.2. The molecule has 1 N–H and O–H groups in total. The van der Waals surface area contributed by atoms with Crippen molar-refractivity contribution < 1.29 is 13.9 Å². The van der Waals surface area contributed by atoms with E-state index in [2.05, 4.69) is 10.3 Å². The lowest BCUT2D eigenvalue weighted by molar-refractivity contribution is -0.121. The predicted molar refractivity (Wildman–Crippen MR) is 95.7 cm³/mol. The van der Waals surface area contributed by atoms with E-state index in [9.17, 15) is 14.0 Å². The molecule has 3 aromatic rings. The first-order valence-corrected chi connectivity index (χ1v) is 8.11. The van der Waals surface area contributed by atoms with Gasteiger partial charge in [-0.15, -0.1) is 0 Å². The Morgan fingerprint density at radius 3 is 2.73 bits per heavy atom. The second-order valence-corrected chi connectivity index (χ2v) is 5.79. The molecule has 134 valence electrons. The molecule has 0 saturated carbocycles. The molecule has 7 heteroatoms. The van der Waals surface area contributed by atoms with Crippen molar-refractivity contribution in [3.8, 4) is 5.75 Å². The Kier molecular flexibility index (Phi) is 5.26. The smallest absolute Gasteiger partial charge is 0.261 e. The number of carbonyl (C=O) groups is 1. The molecule has 0 spiro atoms. The first kappa shape index (κ1) is 17.6. The van der Waals surface area contributed by atoms with Gasteiger partial charge in [-0.3, -0.25) is 14.2 Å². The Bertz CT molecular complexity index is 983. The highest BCUT2D eigenvalue weighted by Gasteiger charge is 2.08. The molecule has 2 aromatic carbocycles. The molecule has 0 atom stereocenters. The van der Waals surface area contributed by atoms with Gasteiger partial charge in [0.05, 0.1) is 24.3 Å². The van der Waals surface area contributed by atoms with Gasteiger partial charge in [-0.05, 0) is 36.2 Å². The van der Waals surface area contributed by atoms with Gasteiger partial charge in [0.1, 0.15) is 18.1 Å². The van der Waals surface area contributed by atoms with Gasteiger partial charge in [0.25, 0.3) is 5.56 Å². The van der Waals surface area contributed by atoms with Crippen molar-refractivity contribution >= 4 is 16.8 Å². The molecule has 0 fully saturated rings. The van der Waals surface area contributed by atoms with E-state index in [1.54, 1.807) is 7.11 Å². The average Bonchev–Trinajstić information content (AvgIpc) is 2.64. The van der Waals surface area contributed by atoms with Crippen LogP contribution in [0.1, 0.15) is 5.56 Å². The highest BCUT2D eigenvalue weighted by atomic mass is 19.1. The predicted octanol–water partition coefficient (Wildman–Crippen LogP) is 1.90. The summed E-state index contributed by atoms with van der Waals surface area (Å²) in [5.41, 5.74) is 0.962. The Morgan fingerprint density at radius 1 is 1.23 bits per heavy atom. The number of ether oxygens (including phenoxy) is 1. The highest BCUT2D eigenvalue weighted by molar-refractivity contribution is 5.79. The minimum Gasteiger partial charge on any atom is -0.497 e. The fraction of sp³-hybridized carbons (Fsp3) is 0.211. The van der Waals surface area contributed by atoms with Crippen LogP contribution in [0.4, 0.5) is 4.39 Å². The topological polar surface area (TPSA) is 73.2 Å². The number of carbonyl (C=O) groups excluding carboxylic acids is 1. The summed E-state index contributed by atoms with van der Waals surface area (Å²) in [4.78, 5) is 28.4. The number of methoxy groups -OCH3 is 1. The Morgan fingerprint density at radius 2 is 2.00 bits per heavy atom. The third kappa shape index (κ3) is 4.05. The van der Waals surface area contributed by atoms with E-state index in [0.717, 1.165) is 11.3 Å². The summed E-state index contributed by atoms with van der Waals surface area (Å²) < 4.78 is 19.5. The number of nitrogens with one attached hydrogen (secondary N) is 1. The minimum absolute atomic E-state index is 0.137. The minimum atomic E-state index is -0.460. The molecule has 0 unspecified atom stereocenters. The first-order valence-electron chi connectivity index (χ1n) is 8.11. The molecule has 1 heterocycles. The molecule has 0 aliphatic rings. The van der Waals surface area contributed by atoms with Crippen LogP contribution in [0.5, 0.6) is 5.75 Å². The molecular weight excluding hydrogens is 337 g/mol. The second-order valence-electron chi connectivity index (χ2n) is 5.79. The van der Waals surface area contributed by atoms with Gasteiger partial charge in [-0.25, -0.2) is 9.37 Å². The van der Waals surface area contributed by atoms with E-state index < -0.39 is 5.82 Å². The lowest BCUT2D eigenvalue weighted by Gasteiger charge is -2.08. The van der Waals surface area contributed by atoms with Crippen LogP contribution in [0.15, 0.2) is 53.6 Å². The van der Waals surface area contributed by atoms with Gasteiger partial charge in [0.2, 0.25) is 5.91 Å². The van der Waals surface area contributed by atoms with Crippen LogP contribution < -0.4 is 15.6 Å². The van der Waals surface area contributed by atoms with Crippen LogP contribution >= 0.6 is 0 Å². The molecule has 1 amide bonds. The number of benzene rings is 2. The summed E-state index contributed by atoms with van der Waals surface area (Å²) in [6, 6.07) is 11.4. The Labute approximate surface area is 149 Å². The summed E-state index contributed by atoms with van der Waals surface area (Å²) in [5.74, 6) is 0.0307. The zero-order valence-electron chi connectivity index (χ0n) is 14.2. The molecule has 0 aliphatic heterocycles. The van der Waals surface area contributed by atoms with E-state index in [1.165, 1.54) is 29.1 Å². The molecule has 3 rings (SSSR count). The molecule has 1 aromatic heterocycles. The van der Waals surface area contributed by atoms with Crippen LogP contribution in [0.3, 0.4) is 0 Å². The van der Waals surface area contributed by atoms with Gasteiger partial charge in [0, 0.05) is 12.6 Å². The lowest BCUT2D eigenvalue weighted by atomic mass is 10.1. The number of halogens is 1. The summed E-state index contributed by atoms with van der Waals surface area (Å²) in [5, 5.41) is 3.05. The van der Waals surface area contributed by atoms with E-state index in [-0.39, 0.29) is 28.9 Å². The van der Waals surface area contributed by atoms with Gasteiger partial charge in [-0.1, -0.05) is 12.1 Å². The average molecular weight is 355 g/mol. The fourth-order valence-corrected chi connectivity index (χ4v) is 2.59. The largest absolute Gasteiger partial charge is 0.497 e. The molecule has 0 radical (unpaired) electrons. The number of amides is 1. The van der Waals surface area contributed by atoms with E-state index in [0.29, 0.717) is 13.0 Å². The second kappa shape index (κ2) is 7.77. The maximum absolute atomic E-state index is 13.2. The van der Waals surface area contributed by atoms with Gasteiger partial charge < -0.3 is 10.1 Å². The summed E-state index contributed by atoms with van der Waals surface area (Å²) >= 11 is 0. The number of fused-ring (bicyclic) bond motifs is 1. The third-order valence-corrected chi connectivity index (χ3v) is 4.00. The molecule has 6 nitrogen and oxygen atoms in total. The van der Waals surface area contributed by atoms with Crippen molar-refractivity contribution in [3.63, 3.8) is 0 Å². The van der Waals surface area contributed by atoms with Crippen molar-refractivity contribution in [1.29, 1.82) is 0 Å². The quantitative estimate of drug-likeness (QED) is 0.733. The molecule has 0 bridgehead atoms. The normalized spacial score (nSPS) is 10.7. The number of aromatic nitrogens is 2. The highest BCUT2D eigenvalue weighted by Crippen LogP contribution is 2.11. The summed E-state index contributed by atoms with van der Waals surface area (Å²) in [6.07, 6.45) is 1.92. The number of rotatable bonds is 6. The van der Waals surface area contributed by atoms with Crippen LogP contribution in [0, 0.1) is 5.82 Å². The molecule has 0 aliphatic carbocycles. The zero-order valence-corrected chi connectivity index (χ0v) is 14.2. The van der Waals surface area contributed by atoms with Crippen molar-refractivity contribution in [3.05, 3.63) is 70.5 Å². The van der Waals surface area contributed by atoms with E-state index in [4.69, 9.17) is 4.74 Å². The maximum Gasteiger partial charge on any atom is 0.261 e. The monoisotopic (exact) mass is 355 g/mol. The van der Waals surface area contributed by atoms with Crippen molar-refractivity contribution in [1.82, 2.24) is 14.9 Å². The van der Waals surface area contributed by atoms with Crippen molar-refractivity contribution in [2.75, 3.05) is 13.7 Å². The molecule has 26 heavy (non-hydrogen) atoms. The SMILES string of the molecule is COc1ccc(CCNC(=O)Cn2cnc3cc(F)ccc3c2=O)cc1. The summed E-state index contributed by atoms with van der Waals surface area (Å²) in [7, 11) is 1.61. The lowest BCUT2D eigenvalue weighted by Crippen LogP contribution is -2.33.